The highest BCUT2D eigenvalue weighted by Crippen LogP contribution is 2.15. The predicted molar refractivity (Wildman–Crippen MR) is 79.3 cm³/mol. The van der Waals surface area contributed by atoms with Crippen LogP contribution in [-0.2, 0) is 4.79 Å². The number of carbonyl (C=O) groups excluding carboxylic acids is 1. The topological polar surface area (TPSA) is 85.8 Å². The lowest BCUT2D eigenvalue weighted by Crippen LogP contribution is -2.52. The molecule has 0 bridgehead atoms. The summed E-state index contributed by atoms with van der Waals surface area (Å²) in [5.41, 5.74) is 0. The molecule has 2 rings (SSSR count). The Hall–Kier alpha value is -1.67. The molecule has 2 amide bonds. The smallest absolute Gasteiger partial charge is 0.318 e. The first-order valence-corrected chi connectivity index (χ1v) is 7.83. The molecule has 0 spiro atoms. The number of carboxylic acid groups (broad SMARTS) is 1. The summed E-state index contributed by atoms with van der Waals surface area (Å²) in [5, 5.41) is 14.4. The van der Waals surface area contributed by atoms with Crippen LogP contribution in [0.15, 0.2) is 11.6 Å². The summed E-state index contributed by atoms with van der Waals surface area (Å²) in [4.78, 5) is 30.7. The van der Waals surface area contributed by atoms with Crippen LogP contribution >= 0.6 is 11.3 Å². The highest BCUT2D eigenvalue weighted by atomic mass is 32.1. The largest absolute Gasteiger partial charge is 0.481 e. The van der Waals surface area contributed by atoms with Gasteiger partial charge in [0.25, 0.3) is 0 Å². The number of aromatic nitrogens is 1. The molecule has 0 radical (unpaired) electrons. The van der Waals surface area contributed by atoms with E-state index in [1.165, 1.54) is 11.3 Å². The summed E-state index contributed by atoms with van der Waals surface area (Å²) in [6.07, 6.45) is 1.87. The number of carbonyl (C=O) groups is 2. The zero-order valence-electron chi connectivity index (χ0n) is 12.0. The second-order valence-electron chi connectivity index (χ2n) is 5.01. The summed E-state index contributed by atoms with van der Waals surface area (Å²) in [7, 11) is 0. The predicted octanol–water partition coefficient (Wildman–Crippen LogP) is 1.01. The lowest BCUT2D eigenvalue weighted by molar-refractivity contribution is -0.137. The third kappa shape index (κ3) is 4.68. The Morgan fingerprint density at radius 3 is 2.71 bits per heavy atom. The van der Waals surface area contributed by atoms with Gasteiger partial charge >= 0.3 is 12.0 Å². The summed E-state index contributed by atoms with van der Waals surface area (Å²) < 4.78 is 0. The molecule has 1 aromatic rings. The number of nitrogens with zero attached hydrogens (tertiary/aromatic N) is 3. The maximum atomic E-state index is 12.2. The monoisotopic (exact) mass is 312 g/mol. The lowest BCUT2D eigenvalue weighted by Gasteiger charge is -2.34. The fourth-order valence-electron chi connectivity index (χ4n) is 2.21. The van der Waals surface area contributed by atoms with Gasteiger partial charge in [0.15, 0.2) is 0 Å². The first kappa shape index (κ1) is 15.7. The zero-order valence-corrected chi connectivity index (χ0v) is 12.8. The van der Waals surface area contributed by atoms with Crippen molar-refractivity contribution in [1.82, 2.24) is 20.1 Å². The van der Waals surface area contributed by atoms with Gasteiger partial charge < -0.3 is 15.3 Å². The highest BCUT2D eigenvalue weighted by molar-refractivity contribution is 7.09. The van der Waals surface area contributed by atoms with Crippen molar-refractivity contribution >= 4 is 23.3 Å². The number of carboxylic acids is 1. The van der Waals surface area contributed by atoms with Crippen molar-refractivity contribution in [3.63, 3.8) is 0 Å². The Balaban J connectivity index is 1.74. The second kappa shape index (κ2) is 7.37. The normalized spacial score (nSPS) is 17.5. The first-order chi connectivity index (χ1) is 10.1. The van der Waals surface area contributed by atoms with Gasteiger partial charge in [0.05, 0.1) is 12.5 Å². The average Bonchev–Trinajstić information content (AvgIpc) is 3.00. The standard InChI is InChI=1S/C13H20N4O3S/c1-10(12-14-3-9-21-12)15-13(20)17-7-5-16(6-8-17)4-2-11(18)19/h3,9-10H,2,4-8H2,1H3,(H,15,20)(H,18,19). The minimum absolute atomic E-state index is 0.0874. The maximum absolute atomic E-state index is 12.2. The number of aliphatic carboxylic acids is 1. The van der Waals surface area contributed by atoms with Gasteiger partial charge in [-0.15, -0.1) is 11.3 Å². The van der Waals surface area contributed by atoms with Crippen LogP contribution in [0.5, 0.6) is 0 Å². The molecule has 21 heavy (non-hydrogen) atoms. The van der Waals surface area contributed by atoms with Gasteiger partial charge in [-0.25, -0.2) is 9.78 Å². The molecule has 2 heterocycles. The van der Waals surface area contributed by atoms with E-state index in [0.29, 0.717) is 32.7 Å². The van der Waals surface area contributed by atoms with Crippen LogP contribution in [0, 0.1) is 0 Å². The Morgan fingerprint density at radius 2 is 2.14 bits per heavy atom. The van der Waals surface area contributed by atoms with E-state index in [1.54, 1.807) is 11.1 Å². The molecule has 2 N–H and O–H groups in total. The van der Waals surface area contributed by atoms with Crippen LogP contribution in [0.1, 0.15) is 24.4 Å². The van der Waals surface area contributed by atoms with Crippen LogP contribution in [0.25, 0.3) is 0 Å². The van der Waals surface area contributed by atoms with Gasteiger partial charge in [-0.2, -0.15) is 0 Å². The van der Waals surface area contributed by atoms with E-state index < -0.39 is 5.97 Å². The van der Waals surface area contributed by atoms with E-state index in [1.807, 2.05) is 12.3 Å². The molecule has 1 aliphatic rings. The Labute approximate surface area is 127 Å². The summed E-state index contributed by atoms with van der Waals surface area (Å²) in [6.45, 7) is 5.13. The third-order valence-electron chi connectivity index (χ3n) is 3.46. The van der Waals surface area contributed by atoms with E-state index in [4.69, 9.17) is 5.11 Å². The number of hydrogen-bond donors (Lipinski definition) is 2. The van der Waals surface area contributed by atoms with Gasteiger partial charge in [-0.05, 0) is 6.92 Å². The van der Waals surface area contributed by atoms with Crippen molar-refractivity contribution in [3.05, 3.63) is 16.6 Å². The zero-order chi connectivity index (χ0) is 15.2. The van der Waals surface area contributed by atoms with Crippen molar-refractivity contribution in [3.8, 4) is 0 Å². The summed E-state index contributed by atoms with van der Waals surface area (Å²) in [5.74, 6) is -0.785. The summed E-state index contributed by atoms with van der Waals surface area (Å²) in [6, 6.07) is -0.182. The van der Waals surface area contributed by atoms with Crippen molar-refractivity contribution < 1.29 is 14.7 Å². The van der Waals surface area contributed by atoms with Crippen molar-refractivity contribution in [2.24, 2.45) is 0 Å². The van der Waals surface area contributed by atoms with Gasteiger partial charge in [0.2, 0.25) is 0 Å². The second-order valence-corrected chi connectivity index (χ2v) is 5.94. The van der Waals surface area contributed by atoms with Gasteiger partial charge in [0, 0.05) is 44.3 Å². The van der Waals surface area contributed by atoms with Gasteiger partial charge in [-0.3, -0.25) is 9.69 Å². The molecule has 1 unspecified atom stereocenters. The first-order valence-electron chi connectivity index (χ1n) is 6.95. The molecule has 1 saturated heterocycles. The van der Waals surface area contributed by atoms with Crippen LogP contribution < -0.4 is 5.32 Å². The van der Waals surface area contributed by atoms with Crippen LogP contribution in [0.4, 0.5) is 4.79 Å². The molecule has 1 aromatic heterocycles. The van der Waals surface area contributed by atoms with E-state index in [2.05, 4.69) is 15.2 Å². The van der Waals surface area contributed by atoms with Crippen LogP contribution in [0.2, 0.25) is 0 Å². The van der Waals surface area contributed by atoms with Crippen LogP contribution in [0.3, 0.4) is 0 Å². The van der Waals surface area contributed by atoms with E-state index in [-0.39, 0.29) is 18.5 Å². The molecule has 0 saturated carbocycles. The minimum atomic E-state index is -0.785. The number of nitrogens with one attached hydrogen (secondary N) is 1. The average molecular weight is 312 g/mol. The number of thiazole rings is 1. The Morgan fingerprint density at radius 1 is 1.43 bits per heavy atom. The molecule has 1 aliphatic heterocycles. The molecule has 1 fully saturated rings. The van der Waals surface area contributed by atoms with E-state index in [9.17, 15) is 9.59 Å². The highest BCUT2D eigenvalue weighted by Gasteiger charge is 2.22. The molecule has 1 atom stereocenters. The molecule has 0 aliphatic carbocycles. The van der Waals surface area contributed by atoms with Crippen molar-refractivity contribution in [2.45, 2.75) is 19.4 Å². The molecular weight excluding hydrogens is 292 g/mol. The van der Waals surface area contributed by atoms with E-state index >= 15 is 0 Å². The van der Waals surface area contributed by atoms with Crippen LogP contribution in [-0.4, -0.2) is 64.6 Å². The van der Waals surface area contributed by atoms with E-state index in [0.717, 1.165) is 5.01 Å². The van der Waals surface area contributed by atoms with Crippen molar-refractivity contribution in [1.29, 1.82) is 0 Å². The molecule has 8 heteroatoms. The van der Waals surface area contributed by atoms with Gasteiger partial charge in [0.1, 0.15) is 5.01 Å². The fraction of sp³-hybridized carbons (Fsp3) is 0.615. The van der Waals surface area contributed by atoms with Crippen molar-refractivity contribution in [2.75, 3.05) is 32.7 Å². The number of hydrogen-bond acceptors (Lipinski definition) is 5. The Kier molecular flexibility index (Phi) is 5.51. The molecular formula is C13H20N4O3S. The Bertz CT molecular complexity index is 472. The number of rotatable bonds is 5. The summed E-state index contributed by atoms with van der Waals surface area (Å²) >= 11 is 1.52. The van der Waals surface area contributed by atoms with Gasteiger partial charge in [-0.1, -0.05) is 0 Å². The fourth-order valence-corrected chi connectivity index (χ4v) is 2.86. The molecule has 116 valence electrons. The number of amides is 2. The SMILES string of the molecule is CC(NC(=O)N1CCN(CCC(=O)O)CC1)c1nccs1. The molecule has 7 nitrogen and oxygen atoms in total. The maximum Gasteiger partial charge on any atom is 0.318 e. The minimum Gasteiger partial charge on any atom is -0.481 e. The quantitative estimate of drug-likeness (QED) is 0.847. The number of piperazine rings is 1. The number of urea groups is 1. The lowest BCUT2D eigenvalue weighted by atomic mass is 10.3. The molecule has 0 aromatic carbocycles. The third-order valence-corrected chi connectivity index (χ3v) is 4.42.